The van der Waals surface area contributed by atoms with E-state index in [0.717, 1.165) is 12.5 Å². The summed E-state index contributed by atoms with van der Waals surface area (Å²) in [6.45, 7) is 4.33. The molecule has 1 aliphatic heterocycles. The first-order valence-electron chi connectivity index (χ1n) is 4.70. The summed E-state index contributed by atoms with van der Waals surface area (Å²) in [4.78, 5) is 2.41. The smallest absolute Gasteiger partial charge is 0.0243 e. The molecule has 0 saturated carbocycles. The Bertz CT molecular complexity index is 114. The van der Waals surface area contributed by atoms with Gasteiger partial charge < -0.3 is 10.6 Å². The summed E-state index contributed by atoms with van der Waals surface area (Å²) >= 11 is 0. The number of nitrogens with zero attached hydrogens (tertiary/aromatic N) is 1. The van der Waals surface area contributed by atoms with Gasteiger partial charge in [-0.2, -0.15) is 0 Å². The van der Waals surface area contributed by atoms with Gasteiger partial charge in [0.25, 0.3) is 0 Å². The Balaban J connectivity index is 2.48. The van der Waals surface area contributed by atoms with E-state index in [1.165, 1.54) is 25.8 Å². The van der Waals surface area contributed by atoms with Crippen LogP contribution in [0.5, 0.6) is 0 Å². The van der Waals surface area contributed by atoms with Crippen LogP contribution in [-0.4, -0.2) is 31.1 Å². The molecule has 2 atom stereocenters. The topological polar surface area (TPSA) is 29.3 Å². The second kappa shape index (κ2) is 4.07. The third-order valence-corrected chi connectivity index (χ3v) is 2.96. The molecule has 2 heteroatoms. The monoisotopic (exact) mass is 156 g/mol. The fourth-order valence-corrected chi connectivity index (χ4v) is 2.17. The number of hydrogen-bond donors (Lipinski definition) is 1. The van der Waals surface area contributed by atoms with Gasteiger partial charge in [-0.25, -0.2) is 0 Å². The molecule has 0 radical (unpaired) electrons. The van der Waals surface area contributed by atoms with Crippen LogP contribution in [0.1, 0.15) is 26.2 Å². The lowest BCUT2D eigenvalue weighted by Gasteiger charge is -2.38. The van der Waals surface area contributed by atoms with Gasteiger partial charge in [0.2, 0.25) is 0 Å². The highest BCUT2D eigenvalue weighted by molar-refractivity contribution is 4.82. The molecule has 1 heterocycles. The van der Waals surface area contributed by atoms with E-state index in [-0.39, 0.29) is 0 Å². The quantitative estimate of drug-likeness (QED) is 0.648. The molecule has 0 bridgehead atoms. The number of nitrogens with two attached hydrogens (primary N) is 1. The van der Waals surface area contributed by atoms with Crippen LogP contribution in [-0.2, 0) is 0 Å². The lowest BCUT2D eigenvalue weighted by atomic mass is 9.87. The van der Waals surface area contributed by atoms with Crippen molar-refractivity contribution in [3.63, 3.8) is 0 Å². The maximum atomic E-state index is 5.72. The van der Waals surface area contributed by atoms with Crippen molar-refractivity contribution in [2.75, 3.05) is 20.1 Å². The van der Waals surface area contributed by atoms with Gasteiger partial charge >= 0.3 is 0 Å². The molecule has 1 saturated heterocycles. The highest BCUT2D eigenvalue weighted by Gasteiger charge is 2.25. The Morgan fingerprint density at radius 2 is 2.27 bits per heavy atom. The van der Waals surface area contributed by atoms with Crippen LogP contribution in [0.15, 0.2) is 0 Å². The third-order valence-electron chi connectivity index (χ3n) is 2.96. The van der Waals surface area contributed by atoms with Gasteiger partial charge in [-0.05, 0) is 32.4 Å². The highest BCUT2D eigenvalue weighted by Crippen LogP contribution is 2.23. The van der Waals surface area contributed by atoms with Crippen LogP contribution < -0.4 is 5.73 Å². The Morgan fingerprint density at radius 1 is 1.55 bits per heavy atom. The molecule has 0 spiro atoms. The van der Waals surface area contributed by atoms with Gasteiger partial charge in [0.05, 0.1) is 0 Å². The maximum Gasteiger partial charge on any atom is 0.0243 e. The van der Waals surface area contributed by atoms with Crippen molar-refractivity contribution < 1.29 is 0 Å². The van der Waals surface area contributed by atoms with Gasteiger partial charge in [-0.1, -0.05) is 13.3 Å². The molecule has 0 amide bonds. The van der Waals surface area contributed by atoms with Crippen LogP contribution in [0, 0.1) is 5.92 Å². The van der Waals surface area contributed by atoms with E-state index in [1.807, 2.05) is 0 Å². The molecule has 2 nitrogen and oxygen atoms in total. The van der Waals surface area contributed by atoms with Crippen molar-refractivity contribution in [1.82, 2.24) is 4.90 Å². The zero-order chi connectivity index (χ0) is 8.27. The van der Waals surface area contributed by atoms with Crippen molar-refractivity contribution in [3.8, 4) is 0 Å². The molecule has 11 heavy (non-hydrogen) atoms. The van der Waals surface area contributed by atoms with Gasteiger partial charge in [0.1, 0.15) is 0 Å². The number of likely N-dealkylation sites (N-methyl/N-ethyl adjacent to an activating group) is 1. The summed E-state index contributed by atoms with van der Waals surface area (Å²) < 4.78 is 0. The van der Waals surface area contributed by atoms with Crippen LogP contribution in [0.2, 0.25) is 0 Å². The van der Waals surface area contributed by atoms with Crippen LogP contribution in [0.3, 0.4) is 0 Å². The fourth-order valence-electron chi connectivity index (χ4n) is 2.17. The Labute approximate surface area is 69.8 Å². The molecule has 1 fully saturated rings. The highest BCUT2D eigenvalue weighted by atomic mass is 15.1. The zero-order valence-electron chi connectivity index (χ0n) is 7.71. The number of hydrogen-bond acceptors (Lipinski definition) is 2. The summed E-state index contributed by atoms with van der Waals surface area (Å²) in [5, 5.41) is 0. The van der Waals surface area contributed by atoms with E-state index in [1.54, 1.807) is 0 Å². The first kappa shape index (κ1) is 9.01. The molecule has 2 N–H and O–H groups in total. The average Bonchev–Trinajstić information content (AvgIpc) is 2.04. The van der Waals surface area contributed by atoms with Gasteiger partial charge in [-0.3, -0.25) is 0 Å². The molecule has 0 aliphatic carbocycles. The summed E-state index contributed by atoms with van der Waals surface area (Å²) in [5.74, 6) is 0.846. The standard InChI is InChI=1S/C9H20N2/c1-3-8-5-4-6-11(2)9(8)7-10/h8-9H,3-7,10H2,1-2H3. The van der Waals surface area contributed by atoms with Gasteiger partial charge in [0, 0.05) is 12.6 Å². The summed E-state index contributed by atoms with van der Waals surface area (Å²) in [7, 11) is 2.19. The molecular weight excluding hydrogens is 136 g/mol. The predicted octanol–water partition coefficient (Wildman–Crippen LogP) is 1.07. The molecule has 0 aromatic rings. The minimum absolute atomic E-state index is 0.647. The fraction of sp³-hybridized carbons (Fsp3) is 1.00. The average molecular weight is 156 g/mol. The number of likely N-dealkylation sites (tertiary alicyclic amines) is 1. The molecule has 0 aromatic carbocycles. The lowest BCUT2D eigenvalue weighted by Crippen LogP contribution is -2.46. The zero-order valence-corrected chi connectivity index (χ0v) is 7.71. The van der Waals surface area contributed by atoms with E-state index < -0.39 is 0 Å². The van der Waals surface area contributed by atoms with E-state index in [0.29, 0.717) is 6.04 Å². The van der Waals surface area contributed by atoms with Crippen molar-refractivity contribution in [1.29, 1.82) is 0 Å². The first-order valence-corrected chi connectivity index (χ1v) is 4.70. The van der Waals surface area contributed by atoms with Gasteiger partial charge in [0.15, 0.2) is 0 Å². The normalized spacial score (nSPS) is 34.1. The van der Waals surface area contributed by atoms with Gasteiger partial charge in [-0.15, -0.1) is 0 Å². The minimum Gasteiger partial charge on any atom is -0.329 e. The molecule has 66 valence electrons. The number of rotatable bonds is 2. The molecular formula is C9H20N2. The largest absolute Gasteiger partial charge is 0.329 e. The van der Waals surface area contributed by atoms with E-state index >= 15 is 0 Å². The van der Waals surface area contributed by atoms with Crippen molar-refractivity contribution in [3.05, 3.63) is 0 Å². The van der Waals surface area contributed by atoms with Crippen LogP contribution in [0.25, 0.3) is 0 Å². The van der Waals surface area contributed by atoms with E-state index in [4.69, 9.17) is 5.73 Å². The second-order valence-corrected chi connectivity index (χ2v) is 3.59. The van der Waals surface area contributed by atoms with E-state index in [9.17, 15) is 0 Å². The van der Waals surface area contributed by atoms with Crippen molar-refractivity contribution in [2.45, 2.75) is 32.2 Å². The molecule has 1 rings (SSSR count). The van der Waals surface area contributed by atoms with Crippen molar-refractivity contribution >= 4 is 0 Å². The number of piperidine rings is 1. The summed E-state index contributed by atoms with van der Waals surface area (Å²) in [5.41, 5.74) is 5.72. The van der Waals surface area contributed by atoms with Crippen LogP contribution >= 0.6 is 0 Å². The minimum atomic E-state index is 0.647. The van der Waals surface area contributed by atoms with Crippen molar-refractivity contribution in [2.24, 2.45) is 11.7 Å². The third kappa shape index (κ3) is 1.94. The predicted molar refractivity (Wildman–Crippen MR) is 48.5 cm³/mol. The first-order chi connectivity index (χ1) is 5.29. The summed E-state index contributed by atoms with van der Waals surface area (Å²) in [6.07, 6.45) is 4.01. The maximum absolute atomic E-state index is 5.72. The van der Waals surface area contributed by atoms with E-state index in [2.05, 4.69) is 18.9 Å². The Morgan fingerprint density at radius 3 is 2.73 bits per heavy atom. The summed E-state index contributed by atoms with van der Waals surface area (Å²) in [6, 6.07) is 0.647. The molecule has 0 aromatic heterocycles. The second-order valence-electron chi connectivity index (χ2n) is 3.59. The Hall–Kier alpha value is -0.0800. The molecule has 2 unspecified atom stereocenters. The van der Waals surface area contributed by atoms with Crippen LogP contribution in [0.4, 0.5) is 0 Å². The molecule has 1 aliphatic rings. The lowest BCUT2D eigenvalue weighted by molar-refractivity contribution is 0.123. The SMILES string of the molecule is CCC1CCCN(C)C1CN. The Kier molecular flexibility index (Phi) is 3.34.